The summed E-state index contributed by atoms with van der Waals surface area (Å²) in [5.74, 6) is -1.53. The van der Waals surface area contributed by atoms with Gasteiger partial charge in [0.15, 0.2) is 5.54 Å². The van der Waals surface area contributed by atoms with Crippen LogP contribution < -0.4 is 10.2 Å². The molecular weight excluding hydrogens is 470 g/mol. The minimum absolute atomic E-state index is 0.00858. The number of carbonyl (C=O) groups is 3. The van der Waals surface area contributed by atoms with Crippen LogP contribution in [-0.4, -0.2) is 48.9 Å². The second-order valence-electron chi connectivity index (χ2n) is 8.91. The zero-order valence-corrected chi connectivity index (χ0v) is 20.3. The number of fused-ring (bicyclic) bond motifs is 3. The number of hydrogen-bond acceptors (Lipinski definition) is 9. The van der Waals surface area contributed by atoms with Crippen LogP contribution in [0.3, 0.4) is 0 Å². The number of hydrogen-bond donors (Lipinski definition) is 1. The van der Waals surface area contributed by atoms with Crippen LogP contribution in [0.15, 0.2) is 48.5 Å². The highest BCUT2D eigenvalue weighted by Gasteiger charge is 2.71. The molecule has 11 nitrogen and oxygen atoms in total. The minimum Gasteiger partial charge on any atom is -0.467 e. The molecule has 0 saturated carbocycles. The molecule has 2 aromatic carbocycles. The van der Waals surface area contributed by atoms with Crippen molar-refractivity contribution in [3.05, 3.63) is 69.8 Å². The summed E-state index contributed by atoms with van der Waals surface area (Å²) in [7, 11) is 1.16. The number of esters is 2. The van der Waals surface area contributed by atoms with E-state index in [4.69, 9.17) is 14.2 Å². The number of para-hydroxylation sites is 2. The van der Waals surface area contributed by atoms with Gasteiger partial charge in [-0.15, -0.1) is 0 Å². The molecule has 3 atom stereocenters. The van der Waals surface area contributed by atoms with Gasteiger partial charge in [-0.1, -0.05) is 30.3 Å². The van der Waals surface area contributed by atoms with Crippen molar-refractivity contribution in [2.45, 2.75) is 50.4 Å². The lowest BCUT2D eigenvalue weighted by atomic mass is 9.72. The van der Waals surface area contributed by atoms with Gasteiger partial charge in [0.05, 0.1) is 36.0 Å². The van der Waals surface area contributed by atoms with Crippen LogP contribution in [-0.2, 0) is 34.8 Å². The maximum Gasteiger partial charge on any atom is 0.415 e. The standard InChI is InChI=1S/C25H27N3O8/c1-5-35-23(31)27-18-12-8-6-10-16(18)24(21(29)36-15(2)3)14-25(22(30)34-4,26-20(24)27)17-11-7-9-13-19(17)28(32)33/h6-13,15,20,26H,5,14H2,1-4H3/t20-,24-,25+/m1/s1. The number of amides is 1. The Kier molecular flexibility index (Phi) is 6.44. The second-order valence-corrected chi connectivity index (χ2v) is 8.91. The maximum absolute atomic E-state index is 13.9. The van der Waals surface area contributed by atoms with Crippen molar-refractivity contribution in [1.29, 1.82) is 0 Å². The van der Waals surface area contributed by atoms with E-state index < -0.39 is 46.2 Å². The number of ether oxygens (including phenoxy) is 3. The number of carbonyl (C=O) groups excluding carboxylic acids is 3. The number of nitrogens with one attached hydrogen (secondary N) is 1. The summed E-state index contributed by atoms with van der Waals surface area (Å²) in [4.78, 5) is 53.1. The molecule has 1 saturated heterocycles. The van der Waals surface area contributed by atoms with Crippen molar-refractivity contribution < 1.29 is 33.5 Å². The molecule has 0 aliphatic carbocycles. The molecule has 0 bridgehead atoms. The molecule has 2 aliphatic heterocycles. The third-order valence-corrected chi connectivity index (χ3v) is 6.56. The Labute approximate surface area is 207 Å². The Morgan fingerprint density at radius 2 is 1.75 bits per heavy atom. The molecule has 4 rings (SSSR count). The largest absolute Gasteiger partial charge is 0.467 e. The number of nitro benzene ring substituents is 1. The SMILES string of the molecule is CCOC(=O)N1c2ccccc2[C@]2(C(=O)OC(C)C)C[C@@](C(=O)OC)(c3ccccc3[N+](=O)[O-])N[C@H]12. The molecule has 2 aliphatic rings. The van der Waals surface area contributed by atoms with E-state index in [1.807, 2.05) is 0 Å². The van der Waals surface area contributed by atoms with E-state index in [9.17, 15) is 24.5 Å². The fraction of sp³-hybridized carbons (Fsp3) is 0.400. The summed E-state index contributed by atoms with van der Waals surface area (Å²) in [6, 6.07) is 12.5. The van der Waals surface area contributed by atoms with E-state index >= 15 is 0 Å². The number of anilines is 1. The summed E-state index contributed by atoms with van der Waals surface area (Å²) in [6.07, 6.45) is -2.69. The minimum atomic E-state index is -1.85. The number of benzene rings is 2. The van der Waals surface area contributed by atoms with Gasteiger partial charge in [-0.2, -0.15) is 0 Å². The van der Waals surface area contributed by atoms with Gasteiger partial charge in [-0.05, 0) is 38.5 Å². The zero-order valence-electron chi connectivity index (χ0n) is 20.3. The Hall–Kier alpha value is -3.99. The van der Waals surface area contributed by atoms with Crippen molar-refractivity contribution in [3.63, 3.8) is 0 Å². The van der Waals surface area contributed by atoms with Gasteiger partial charge in [-0.3, -0.25) is 25.1 Å². The fourth-order valence-corrected chi connectivity index (χ4v) is 5.24. The average molecular weight is 498 g/mol. The van der Waals surface area contributed by atoms with Crippen LogP contribution in [0.1, 0.15) is 38.3 Å². The Morgan fingerprint density at radius 1 is 1.11 bits per heavy atom. The highest BCUT2D eigenvalue weighted by atomic mass is 16.6. The fourth-order valence-electron chi connectivity index (χ4n) is 5.24. The lowest BCUT2D eigenvalue weighted by Gasteiger charge is -2.31. The summed E-state index contributed by atoms with van der Waals surface area (Å²) >= 11 is 0. The predicted molar refractivity (Wildman–Crippen MR) is 127 cm³/mol. The maximum atomic E-state index is 13.9. The van der Waals surface area contributed by atoms with Gasteiger partial charge in [-0.25, -0.2) is 9.59 Å². The van der Waals surface area contributed by atoms with Crippen LogP contribution in [0.4, 0.5) is 16.2 Å². The third-order valence-electron chi connectivity index (χ3n) is 6.56. The molecule has 0 aromatic heterocycles. The van der Waals surface area contributed by atoms with Gasteiger partial charge < -0.3 is 14.2 Å². The van der Waals surface area contributed by atoms with E-state index in [-0.39, 0.29) is 24.3 Å². The highest BCUT2D eigenvalue weighted by Crippen LogP contribution is 2.57. The normalized spacial score (nSPS) is 24.1. The molecule has 2 heterocycles. The van der Waals surface area contributed by atoms with Gasteiger partial charge in [0, 0.05) is 12.5 Å². The van der Waals surface area contributed by atoms with Gasteiger partial charge in [0.1, 0.15) is 11.6 Å². The van der Waals surface area contributed by atoms with Crippen molar-refractivity contribution in [2.24, 2.45) is 0 Å². The molecule has 190 valence electrons. The summed E-state index contributed by atoms with van der Waals surface area (Å²) in [6.45, 7) is 5.09. The lowest BCUT2D eigenvalue weighted by Crippen LogP contribution is -2.57. The van der Waals surface area contributed by atoms with E-state index in [1.54, 1.807) is 51.1 Å². The van der Waals surface area contributed by atoms with Gasteiger partial charge in [0.25, 0.3) is 5.69 Å². The summed E-state index contributed by atoms with van der Waals surface area (Å²) in [5, 5.41) is 15.0. The van der Waals surface area contributed by atoms with Crippen molar-refractivity contribution in [1.82, 2.24) is 5.32 Å². The average Bonchev–Trinajstić information content (AvgIpc) is 3.34. The van der Waals surface area contributed by atoms with Crippen LogP contribution in [0.2, 0.25) is 0 Å². The smallest absolute Gasteiger partial charge is 0.415 e. The lowest BCUT2D eigenvalue weighted by molar-refractivity contribution is -0.386. The molecule has 1 amide bonds. The van der Waals surface area contributed by atoms with Crippen molar-refractivity contribution in [2.75, 3.05) is 18.6 Å². The first kappa shape index (κ1) is 25.1. The number of rotatable bonds is 6. The van der Waals surface area contributed by atoms with Crippen molar-refractivity contribution in [3.8, 4) is 0 Å². The van der Waals surface area contributed by atoms with Gasteiger partial charge >= 0.3 is 18.0 Å². The van der Waals surface area contributed by atoms with Crippen molar-refractivity contribution >= 4 is 29.4 Å². The van der Waals surface area contributed by atoms with Crippen LogP contribution >= 0.6 is 0 Å². The molecule has 1 N–H and O–H groups in total. The zero-order chi connectivity index (χ0) is 26.3. The highest BCUT2D eigenvalue weighted by molar-refractivity contribution is 6.02. The Balaban J connectivity index is 2.02. The van der Waals surface area contributed by atoms with E-state index in [1.165, 1.54) is 23.1 Å². The monoisotopic (exact) mass is 497 g/mol. The Morgan fingerprint density at radius 3 is 2.36 bits per heavy atom. The first-order valence-electron chi connectivity index (χ1n) is 11.5. The first-order valence-corrected chi connectivity index (χ1v) is 11.5. The molecule has 0 spiro atoms. The molecule has 1 fully saturated rings. The number of methoxy groups -OCH3 is 1. The molecule has 2 aromatic rings. The Bertz CT molecular complexity index is 1230. The third kappa shape index (κ3) is 3.58. The summed E-state index contributed by atoms with van der Waals surface area (Å²) in [5.41, 5.74) is -2.92. The summed E-state index contributed by atoms with van der Waals surface area (Å²) < 4.78 is 16.1. The number of nitro groups is 1. The number of nitrogens with zero attached hydrogens (tertiary/aromatic N) is 2. The van der Waals surface area contributed by atoms with Crippen LogP contribution in [0.25, 0.3) is 0 Å². The first-order chi connectivity index (χ1) is 17.1. The van der Waals surface area contributed by atoms with Gasteiger partial charge in [0.2, 0.25) is 0 Å². The molecule has 0 unspecified atom stereocenters. The van der Waals surface area contributed by atoms with E-state index in [0.717, 1.165) is 7.11 Å². The van der Waals surface area contributed by atoms with Crippen LogP contribution in [0, 0.1) is 10.1 Å². The predicted octanol–water partition coefficient (Wildman–Crippen LogP) is 3.15. The molecule has 0 radical (unpaired) electrons. The molecule has 11 heteroatoms. The molecule has 36 heavy (non-hydrogen) atoms. The molecular formula is C25H27N3O8. The van der Waals surface area contributed by atoms with E-state index in [0.29, 0.717) is 11.3 Å². The van der Waals surface area contributed by atoms with E-state index in [2.05, 4.69) is 5.32 Å². The topological polar surface area (TPSA) is 137 Å². The quantitative estimate of drug-likeness (QED) is 0.276. The van der Waals surface area contributed by atoms with Crippen LogP contribution in [0.5, 0.6) is 0 Å². The second kappa shape index (κ2) is 9.23.